The molecule has 1 aromatic carbocycles. The number of aryl methyl sites for hydroxylation is 1. The highest BCUT2D eigenvalue weighted by Crippen LogP contribution is 2.34. The SMILES string of the molecule is Cc1c[nH]nc1-c1c(Cl)cccc1Cl. The third-order valence-corrected chi connectivity index (χ3v) is 2.66. The normalized spacial score (nSPS) is 10.5. The van der Waals surface area contributed by atoms with Gasteiger partial charge < -0.3 is 0 Å². The van der Waals surface area contributed by atoms with Crippen LogP contribution in [0.25, 0.3) is 11.3 Å². The lowest BCUT2D eigenvalue weighted by Gasteiger charge is -2.03. The van der Waals surface area contributed by atoms with Gasteiger partial charge in [-0.25, -0.2) is 0 Å². The van der Waals surface area contributed by atoms with Crippen molar-refractivity contribution in [3.05, 3.63) is 40.0 Å². The second-order valence-corrected chi connectivity index (χ2v) is 3.83. The molecule has 0 atom stereocenters. The highest BCUT2D eigenvalue weighted by Gasteiger charge is 2.12. The summed E-state index contributed by atoms with van der Waals surface area (Å²) in [5.41, 5.74) is 2.62. The molecule has 0 radical (unpaired) electrons. The zero-order valence-electron chi connectivity index (χ0n) is 7.51. The molecule has 0 aliphatic rings. The molecule has 0 spiro atoms. The summed E-state index contributed by atoms with van der Waals surface area (Å²) in [4.78, 5) is 0. The van der Waals surface area contributed by atoms with E-state index in [2.05, 4.69) is 10.2 Å². The predicted molar refractivity (Wildman–Crippen MR) is 58.8 cm³/mol. The molecule has 0 saturated heterocycles. The average molecular weight is 227 g/mol. The van der Waals surface area contributed by atoms with Gasteiger partial charge in [0.1, 0.15) is 0 Å². The van der Waals surface area contributed by atoms with Gasteiger partial charge in [0, 0.05) is 11.8 Å². The fourth-order valence-electron chi connectivity index (χ4n) is 1.33. The van der Waals surface area contributed by atoms with Crippen LogP contribution in [0.15, 0.2) is 24.4 Å². The Morgan fingerprint density at radius 3 is 2.36 bits per heavy atom. The van der Waals surface area contributed by atoms with E-state index >= 15 is 0 Å². The summed E-state index contributed by atoms with van der Waals surface area (Å²) < 4.78 is 0. The van der Waals surface area contributed by atoms with Crippen molar-refractivity contribution in [2.45, 2.75) is 6.92 Å². The molecule has 2 nitrogen and oxygen atoms in total. The minimum Gasteiger partial charge on any atom is -0.285 e. The Morgan fingerprint density at radius 1 is 1.21 bits per heavy atom. The van der Waals surface area contributed by atoms with Crippen LogP contribution in [-0.4, -0.2) is 10.2 Å². The van der Waals surface area contributed by atoms with Gasteiger partial charge in [-0.1, -0.05) is 29.3 Å². The highest BCUT2D eigenvalue weighted by molar-refractivity contribution is 6.39. The second kappa shape index (κ2) is 3.64. The zero-order chi connectivity index (χ0) is 10.1. The van der Waals surface area contributed by atoms with Crippen LogP contribution in [0.1, 0.15) is 5.56 Å². The van der Waals surface area contributed by atoms with Gasteiger partial charge in [0.05, 0.1) is 15.7 Å². The van der Waals surface area contributed by atoms with Gasteiger partial charge in [-0.05, 0) is 24.6 Å². The van der Waals surface area contributed by atoms with Crippen LogP contribution < -0.4 is 0 Å². The molecule has 2 rings (SSSR count). The van der Waals surface area contributed by atoms with E-state index in [-0.39, 0.29) is 0 Å². The topological polar surface area (TPSA) is 28.7 Å². The van der Waals surface area contributed by atoms with Gasteiger partial charge in [-0.3, -0.25) is 5.10 Å². The van der Waals surface area contributed by atoms with Gasteiger partial charge in [0.15, 0.2) is 0 Å². The van der Waals surface area contributed by atoms with E-state index < -0.39 is 0 Å². The van der Waals surface area contributed by atoms with Crippen molar-refractivity contribution in [3.63, 3.8) is 0 Å². The van der Waals surface area contributed by atoms with Crippen molar-refractivity contribution in [2.75, 3.05) is 0 Å². The van der Waals surface area contributed by atoms with Crippen molar-refractivity contribution in [1.29, 1.82) is 0 Å². The van der Waals surface area contributed by atoms with Crippen molar-refractivity contribution < 1.29 is 0 Å². The fraction of sp³-hybridized carbons (Fsp3) is 0.100. The maximum Gasteiger partial charge on any atom is 0.0979 e. The number of H-pyrrole nitrogens is 1. The first-order valence-corrected chi connectivity index (χ1v) is 4.90. The molecule has 4 heteroatoms. The molecule has 0 saturated carbocycles. The summed E-state index contributed by atoms with van der Waals surface area (Å²) in [6, 6.07) is 5.42. The van der Waals surface area contributed by atoms with Gasteiger partial charge in [0.2, 0.25) is 0 Å². The minimum absolute atomic E-state index is 0.618. The van der Waals surface area contributed by atoms with Crippen molar-refractivity contribution in [2.24, 2.45) is 0 Å². The van der Waals surface area contributed by atoms with Crippen LogP contribution in [-0.2, 0) is 0 Å². The van der Waals surface area contributed by atoms with E-state index in [0.717, 1.165) is 16.8 Å². The molecule has 14 heavy (non-hydrogen) atoms. The summed E-state index contributed by atoms with van der Waals surface area (Å²) in [6.45, 7) is 1.96. The van der Waals surface area contributed by atoms with Crippen LogP contribution >= 0.6 is 23.2 Å². The number of benzene rings is 1. The van der Waals surface area contributed by atoms with E-state index in [1.54, 1.807) is 12.1 Å². The summed E-state index contributed by atoms with van der Waals surface area (Å²) in [5.74, 6) is 0. The van der Waals surface area contributed by atoms with E-state index in [0.29, 0.717) is 10.0 Å². The number of hydrogen-bond donors (Lipinski definition) is 1. The number of halogens is 2. The first kappa shape index (κ1) is 9.56. The Labute approximate surface area is 91.9 Å². The fourth-order valence-corrected chi connectivity index (χ4v) is 1.90. The predicted octanol–water partition coefficient (Wildman–Crippen LogP) is 3.69. The van der Waals surface area contributed by atoms with Crippen LogP contribution in [0.2, 0.25) is 10.0 Å². The number of nitrogens with one attached hydrogen (secondary N) is 1. The Hall–Kier alpha value is -0.990. The molecule has 2 aromatic rings. The largest absolute Gasteiger partial charge is 0.285 e. The average Bonchev–Trinajstić information content (AvgIpc) is 2.52. The van der Waals surface area contributed by atoms with Crippen LogP contribution in [0.5, 0.6) is 0 Å². The third kappa shape index (κ3) is 1.51. The molecule has 0 unspecified atom stereocenters. The van der Waals surface area contributed by atoms with Crippen molar-refractivity contribution in [1.82, 2.24) is 10.2 Å². The lowest BCUT2D eigenvalue weighted by atomic mass is 10.1. The Morgan fingerprint density at radius 2 is 1.86 bits per heavy atom. The monoisotopic (exact) mass is 226 g/mol. The molecule has 0 aliphatic heterocycles. The maximum atomic E-state index is 6.05. The van der Waals surface area contributed by atoms with Crippen LogP contribution in [0, 0.1) is 6.92 Å². The molecular weight excluding hydrogens is 219 g/mol. The first-order valence-electron chi connectivity index (χ1n) is 4.15. The molecule has 0 fully saturated rings. The molecule has 0 bridgehead atoms. The molecule has 1 N–H and O–H groups in total. The van der Waals surface area contributed by atoms with Gasteiger partial charge in [-0.2, -0.15) is 5.10 Å². The number of aromatic amines is 1. The zero-order valence-corrected chi connectivity index (χ0v) is 9.02. The Bertz CT molecular complexity index is 443. The smallest absolute Gasteiger partial charge is 0.0979 e. The highest BCUT2D eigenvalue weighted by atomic mass is 35.5. The summed E-state index contributed by atoms with van der Waals surface area (Å²) in [6.07, 6.45) is 1.81. The lowest BCUT2D eigenvalue weighted by molar-refractivity contribution is 1.10. The second-order valence-electron chi connectivity index (χ2n) is 3.01. The molecule has 0 aliphatic carbocycles. The molecular formula is C10H8Cl2N2. The number of nitrogens with zero attached hydrogens (tertiary/aromatic N) is 1. The lowest BCUT2D eigenvalue weighted by Crippen LogP contribution is -1.84. The van der Waals surface area contributed by atoms with Crippen molar-refractivity contribution in [3.8, 4) is 11.3 Å². The van der Waals surface area contributed by atoms with Gasteiger partial charge >= 0.3 is 0 Å². The number of rotatable bonds is 1. The van der Waals surface area contributed by atoms with Crippen molar-refractivity contribution >= 4 is 23.2 Å². The van der Waals surface area contributed by atoms with E-state index in [1.807, 2.05) is 19.2 Å². The third-order valence-electron chi connectivity index (χ3n) is 2.03. The van der Waals surface area contributed by atoms with Crippen LogP contribution in [0.3, 0.4) is 0 Å². The molecule has 0 amide bonds. The van der Waals surface area contributed by atoms with Gasteiger partial charge in [-0.15, -0.1) is 0 Å². The summed E-state index contributed by atoms with van der Waals surface area (Å²) >= 11 is 12.1. The Balaban J connectivity index is 2.68. The van der Waals surface area contributed by atoms with Gasteiger partial charge in [0.25, 0.3) is 0 Å². The summed E-state index contributed by atoms with van der Waals surface area (Å²) in [7, 11) is 0. The maximum absolute atomic E-state index is 6.05. The van der Waals surface area contributed by atoms with E-state index in [4.69, 9.17) is 23.2 Å². The summed E-state index contributed by atoms with van der Waals surface area (Å²) in [5, 5.41) is 8.13. The number of hydrogen-bond acceptors (Lipinski definition) is 1. The van der Waals surface area contributed by atoms with Crippen LogP contribution in [0.4, 0.5) is 0 Å². The van der Waals surface area contributed by atoms with E-state index in [9.17, 15) is 0 Å². The quantitative estimate of drug-likeness (QED) is 0.790. The van der Waals surface area contributed by atoms with E-state index in [1.165, 1.54) is 0 Å². The standard InChI is InChI=1S/C10H8Cl2N2/c1-6-5-13-14-10(6)9-7(11)3-2-4-8(9)12/h2-5H,1H3,(H,13,14). The molecule has 1 heterocycles. The minimum atomic E-state index is 0.618. The Kier molecular flexibility index (Phi) is 2.48. The number of aromatic nitrogens is 2. The first-order chi connectivity index (χ1) is 6.70. The molecule has 72 valence electrons. The molecule has 1 aromatic heterocycles.